The molecule has 0 unspecified atom stereocenters. The Hall–Kier alpha value is -3.40. The van der Waals surface area contributed by atoms with E-state index in [1.165, 1.54) is 0 Å². The zero-order valence-electron chi connectivity index (χ0n) is 27.9. The van der Waals surface area contributed by atoms with E-state index in [2.05, 4.69) is 107 Å². The minimum atomic E-state index is -0.256. The highest BCUT2D eigenvalue weighted by Crippen LogP contribution is 2.38. The molecule has 2 N–H and O–H groups in total. The Bertz CT molecular complexity index is 1440. The average molecular weight is 569 g/mol. The summed E-state index contributed by atoms with van der Waals surface area (Å²) in [4.78, 5) is 9.79. The maximum absolute atomic E-state index is 11.3. The second-order valence-electron chi connectivity index (χ2n) is 15.6. The summed E-state index contributed by atoms with van der Waals surface area (Å²) in [6, 6.07) is 18.2. The Morgan fingerprint density at radius 1 is 0.595 bits per heavy atom. The van der Waals surface area contributed by atoms with Gasteiger partial charge in [-0.1, -0.05) is 126 Å². The van der Waals surface area contributed by atoms with Crippen molar-refractivity contribution >= 4 is 12.4 Å². The van der Waals surface area contributed by atoms with Gasteiger partial charge >= 0.3 is 0 Å². The van der Waals surface area contributed by atoms with Crippen molar-refractivity contribution < 1.29 is 10.2 Å². The summed E-state index contributed by atoms with van der Waals surface area (Å²) >= 11 is 0. The number of hydrogen-bond acceptors (Lipinski definition) is 4. The van der Waals surface area contributed by atoms with Crippen molar-refractivity contribution in [3.63, 3.8) is 0 Å². The Morgan fingerprint density at radius 2 is 1.02 bits per heavy atom. The largest absolute Gasteiger partial charge is 0.507 e. The first-order valence-corrected chi connectivity index (χ1v) is 15.0. The lowest BCUT2D eigenvalue weighted by molar-refractivity contribution is 0.443. The first kappa shape index (κ1) is 33.1. The minimum Gasteiger partial charge on any atom is -0.507 e. The Balaban J connectivity index is 2.06. The van der Waals surface area contributed by atoms with Gasteiger partial charge in [-0.3, -0.25) is 9.98 Å². The van der Waals surface area contributed by atoms with Gasteiger partial charge in [-0.25, -0.2) is 0 Å². The highest BCUT2D eigenvalue weighted by molar-refractivity contribution is 5.86. The first-order valence-electron chi connectivity index (χ1n) is 15.0. The number of rotatable bonds is 6. The Morgan fingerprint density at radius 3 is 1.43 bits per heavy atom. The zero-order valence-corrected chi connectivity index (χ0v) is 27.9. The van der Waals surface area contributed by atoms with E-state index in [0.29, 0.717) is 17.7 Å². The number of phenols is 2. The lowest BCUT2D eigenvalue weighted by atomic mass is 9.79. The van der Waals surface area contributed by atoms with Crippen molar-refractivity contribution in [1.29, 1.82) is 0 Å². The van der Waals surface area contributed by atoms with Crippen LogP contribution in [0.4, 0.5) is 0 Å². The predicted molar refractivity (Wildman–Crippen MR) is 180 cm³/mol. The molecule has 0 saturated carbocycles. The molecule has 0 spiro atoms. The SMILES string of the molecule is CC(C)(C)c1cc(C=NC[C@H](N=Cc2cc(C(C)(C)C)cc(C(C)(C)C)c2O)c2ccccc2)c(O)c(C(C)(C)C)c1. The van der Waals surface area contributed by atoms with Gasteiger partial charge in [0.25, 0.3) is 0 Å². The van der Waals surface area contributed by atoms with Crippen LogP contribution in [0, 0.1) is 0 Å². The third kappa shape index (κ3) is 8.12. The van der Waals surface area contributed by atoms with E-state index < -0.39 is 0 Å². The summed E-state index contributed by atoms with van der Waals surface area (Å²) in [5.74, 6) is 0.547. The fourth-order valence-electron chi connectivity index (χ4n) is 4.86. The molecule has 0 fully saturated rings. The molecule has 0 aromatic heterocycles. The molecule has 1 atom stereocenters. The van der Waals surface area contributed by atoms with Crippen LogP contribution in [0.5, 0.6) is 11.5 Å². The van der Waals surface area contributed by atoms with Gasteiger partial charge in [-0.2, -0.15) is 0 Å². The van der Waals surface area contributed by atoms with Crippen LogP contribution in [-0.4, -0.2) is 29.2 Å². The van der Waals surface area contributed by atoms with Crippen molar-refractivity contribution in [2.24, 2.45) is 9.98 Å². The van der Waals surface area contributed by atoms with E-state index in [4.69, 9.17) is 9.98 Å². The Kier molecular flexibility index (Phi) is 9.51. The van der Waals surface area contributed by atoms with Crippen LogP contribution in [0.1, 0.15) is 128 Å². The van der Waals surface area contributed by atoms with Crippen molar-refractivity contribution in [1.82, 2.24) is 0 Å². The van der Waals surface area contributed by atoms with Gasteiger partial charge in [0.15, 0.2) is 0 Å². The minimum absolute atomic E-state index is 0.0668. The van der Waals surface area contributed by atoms with Crippen molar-refractivity contribution in [2.75, 3.05) is 6.54 Å². The molecule has 0 saturated heterocycles. The first-order chi connectivity index (χ1) is 19.2. The topological polar surface area (TPSA) is 65.2 Å². The molecule has 3 aromatic rings. The number of phenolic OH excluding ortho intramolecular Hbond substituents is 2. The number of hydrogen-bond donors (Lipinski definition) is 2. The molecule has 0 heterocycles. The lowest BCUT2D eigenvalue weighted by Gasteiger charge is -2.27. The monoisotopic (exact) mass is 568 g/mol. The van der Waals surface area contributed by atoms with Crippen LogP contribution in [0.25, 0.3) is 0 Å². The summed E-state index contributed by atoms with van der Waals surface area (Å²) in [5, 5.41) is 22.5. The molecule has 226 valence electrons. The summed E-state index contributed by atoms with van der Waals surface area (Å²) in [6.45, 7) is 26.2. The van der Waals surface area contributed by atoms with Gasteiger partial charge in [0.1, 0.15) is 11.5 Å². The van der Waals surface area contributed by atoms with Gasteiger partial charge in [0, 0.05) is 34.7 Å². The molecule has 4 nitrogen and oxygen atoms in total. The second-order valence-corrected chi connectivity index (χ2v) is 15.6. The second kappa shape index (κ2) is 12.1. The molecule has 0 aliphatic rings. The van der Waals surface area contributed by atoms with Gasteiger partial charge in [0.2, 0.25) is 0 Å². The molecule has 0 aliphatic heterocycles. The fourth-order valence-corrected chi connectivity index (χ4v) is 4.86. The van der Waals surface area contributed by atoms with E-state index in [-0.39, 0.29) is 39.2 Å². The quantitative estimate of drug-likeness (QED) is 0.291. The van der Waals surface area contributed by atoms with E-state index in [0.717, 1.165) is 27.8 Å². The summed E-state index contributed by atoms with van der Waals surface area (Å²) in [6.07, 6.45) is 3.57. The molecule has 4 heteroatoms. The van der Waals surface area contributed by atoms with Crippen LogP contribution in [0.3, 0.4) is 0 Å². The molecule has 3 aromatic carbocycles. The van der Waals surface area contributed by atoms with Gasteiger partial charge < -0.3 is 10.2 Å². The number of aliphatic imine (C=N–C) groups is 2. The van der Waals surface area contributed by atoms with Crippen LogP contribution >= 0.6 is 0 Å². The maximum Gasteiger partial charge on any atom is 0.128 e. The summed E-state index contributed by atoms with van der Waals surface area (Å²) in [7, 11) is 0. The van der Waals surface area contributed by atoms with Crippen LogP contribution in [-0.2, 0) is 21.7 Å². The van der Waals surface area contributed by atoms with Crippen LogP contribution in [0.2, 0.25) is 0 Å². The smallest absolute Gasteiger partial charge is 0.128 e. The van der Waals surface area contributed by atoms with E-state index in [1.54, 1.807) is 12.4 Å². The van der Waals surface area contributed by atoms with Gasteiger partial charge in [0.05, 0.1) is 12.6 Å². The fraction of sp³-hybridized carbons (Fsp3) is 0.474. The highest BCUT2D eigenvalue weighted by atomic mass is 16.3. The molecular formula is C38H52N2O2. The third-order valence-corrected chi connectivity index (χ3v) is 7.71. The normalized spacial score (nSPS) is 14.2. The van der Waals surface area contributed by atoms with E-state index >= 15 is 0 Å². The van der Waals surface area contributed by atoms with Crippen molar-refractivity contribution in [2.45, 2.75) is 111 Å². The number of benzene rings is 3. The molecule has 0 bridgehead atoms. The van der Waals surface area contributed by atoms with E-state index in [1.807, 2.05) is 30.3 Å². The van der Waals surface area contributed by atoms with Gasteiger partial charge in [-0.05, 0) is 50.5 Å². The standard InChI is InChI=1S/C38H52N2O2/c1-35(2,3)28-18-26(33(41)30(20-28)37(7,8)9)22-39-24-32(25-16-14-13-15-17-25)40-23-27-19-29(36(4,5)6)21-31(34(27)42)38(10,11)12/h13-23,32,41-42H,24H2,1-12H3/t32-/m0/s1. The third-order valence-electron chi connectivity index (χ3n) is 7.71. The van der Waals surface area contributed by atoms with Crippen molar-refractivity contribution in [3.8, 4) is 11.5 Å². The van der Waals surface area contributed by atoms with Gasteiger partial charge in [-0.15, -0.1) is 0 Å². The average Bonchev–Trinajstić information content (AvgIpc) is 2.85. The molecule has 0 aliphatic carbocycles. The molecule has 42 heavy (non-hydrogen) atoms. The molecule has 3 rings (SSSR count). The zero-order chi connectivity index (χ0) is 31.7. The summed E-state index contributed by atoms with van der Waals surface area (Å²) in [5.41, 5.74) is 6.04. The number of nitrogens with zero attached hydrogens (tertiary/aromatic N) is 2. The summed E-state index contributed by atoms with van der Waals surface area (Å²) < 4.78 is 0. The maximum atomic E-state index is 11.3. The molecule has 0 radical (unpaired) electrons. The predicted octanol–water partition coefficient (Wildman–Crippen LogP) is 9.57. The highest BCUT2D eigenvalue weighted by Gasteiger charge is 2.26. The number of aromatic hydroxyl groups is 2. The van der Waals surface area contributed by atoms with Crippen molar-refractivity contribution in [3.05, 3.63) is 93.5 Å². The van der Waals surface area contributed by atoms with Crippen LogP contribution < -0.4 is 0 Å². The van der Waals surface area contributed by atoms with Crippen LogP contribution in [0.15, 0.2) is 64.6 Å². The van der Waals surface area contributed by atoms with E-state index in [9.17, 15) is 10.2 Å². The lowest BCUT2D eigenvalue weighted by Crippen LogP contribution is -2.17. The molecular weight excluding hydrogens is 516 g/mol. The molecule has 0 amide bonds. The Labute approximate surface area is 254 Å².